The third-order valence-electron chi connectivity index (χ3n) is 15.1. The lowest BCUT2D eigenvalue weighted by molar-refractivity contribution is -0.208. The van der Waals surface area contributed by atoms with E-state index in [1.54, 1.807) is 0 Å². The highest BCUT2D eigenvalue weighted by Gasteiger charge is 2.55. The monoisotopic (exact) mass is 924 g/mol. The van der Waals surface area contributed by atoms with Gasteiger partial charge in [-0.05, 0) is 108 Å². The van der Waals surface area contributed by atoms with Crippen molar-refractivity contribution in [1.29, 1.82) is 0 Å². The molecule has 0 spiro atoms. The Balaban J connectivity index is 1.34. The summed E-state index contributed by atoms with van der Waals surface area (Å²) in [5.74, 6) is -1.43. The fraction of sp³-hybridized carbons (Fsp3) is 0.750. The molecule has 3 saturated heterocycles. The van der Waals surface area contributed by atoms with E-state index >= 15 is 0 Å². The van der Waals surface area contributed by atoms with E-state index in [-0.39, 0.29) is 48.5 Å². The predicted octanol–water partition coefficient (Wildman–Crippen LogP) is 7.40. The van der Waals surface area contributed by atoms with Crippen molar-refractivity contribution < 1.29 is 52.4 Å². The number of likely N-dealkylation sites (tertiary alicyclic amines) is 1. The van der Waals surface area contributed by atoms with Crippen LogP contribution >= 0.6 is 0 Å². The average Bonchev–Trinajstić information content (AvgIpc) is 4.01. The second-order valence-electron chi connectivity index (χ2n) is 21.2. The van der Waals surface area contributed by atoms with Gasteiger partial charge in [0.2, 0.25) is 5.91 Å². The highest BCUT2D eigenvalue weighted by molar-refractivity contribution is 5.85. The molecule has 3 fully saturated rings. The topological polar surface area (TPSA) is 163 Å². The quantitative estimate of drug-likeness (QED) is 0.0823. The molecule has 0 saturated carbocycles. The van der Waals surface area contributed by atoms with Crippen molar-refractivity contribution in [3.05, 3.63) is 46.1 Å². The molecule has 2 aliphatic carbocycles. The molecule has 14 heteroatoms. The van der Waals surface area contributed by atoms with Gasteiger partial charge in [-0.2, -0.15) is 0 Å². The molecule has 5 rings (SSSR count). The smallest absolute Gasteiger partial charge is 0.303 e. The number of carbonyl (C=O) groups excluding carboxylic acids is 5. The Hall–Kier alpha value is -3.85. The van der Waals surface area contributed by atoms with Gasteiger partial charge in [0, 0.05) is 64.7 Å². The van der Waals surface area contributed by atoms with Crippen LogP contribution in [0.3, 0.4) is 0 Å². The molecule has 14 nitrogen and oxygen atoms in total. The Kier molecular flexibility index (Phi) is 17.7. The van der Waals surface area contributed by atoms with Gasteiger partial charge in [-0.25, -0.2) is 0 Å². The normalized spacial score (nSPS) is 29.5. The zero-order chi connectivity index (χ0) is 49.0. The number of nitrogens with zero attached hydrogens (tertiary/aromatic N) is 2. The maximum atomic E-state index is 13.7. The van der Waals surface area contributed by atoms with Crippen molar-refractivity contribution in [3.63, 3.8) is 0 Å². The lowest BCUT2D eigenvalue weighted by Gasteiger charge is -2.45. The van der Waals surface area contributed by atoms with Crippen LogP contribution in [0, 0.1) is 29.1 Å². The summed E-state index contributed by atoms with van der Waals surface area (Å²) < 4.78 is 36.1. The van der Waals surface area contributed by atoms with Crippen LogP contribution in [0.15, 0.2) is 46.1 Å². The number of allylic oxidation sites excluding steroid dienone is 6. The number of epoxide rings is 1. The first kappa shape index (κ1) is 53.1. The first-order valence-electron chi connectivity index (χ1n) is 24.3. The van der Waals surface area contributed by atoms with E-state index in [0.717, 1.165) is 50.8 Å². The molecule has 3 heterocycles. The second-order valence-corrected chi connectivity index (χ2v) is 21.2. The van der Waals surface area contributed by atoms with Crippen LogP contribution in [0.5, 0.6) is 0 Å². The van der Waals surface area contributed by atoms with Gasteiger partial charge in [0.15, 0.2) is 6.10 Å². The number of hydrogen-bond acceptors (Lipinski definition) is 13. The predicted molar refractivity (Wildman–Crippen MR) is 252 cm³/mol. The molecule has 0 aromatic rings. The summed E-state index contributed by atoms with van der Waals surface area (Å²) in [7, 11) is 4.21. The lowest BCUT2D eigenvalue weighted by Crippen LogP contribution is -2.58. The Morgan fingerprint density at radius 3 is 2.11 bits per heavy atom. The van der Waals surface area contributed by atoms with E-state index in [9.17, 15) is 24.0 Å². The number of ether oxygens (including phenoxy) is 6. The third-order valence-corrected chi connectivity index (χ3v) is 15.1. The minimum absolute atomic E-state index is 0.00958. The Morgan fingerprint density at radius 2 is 1.55 bits per heavy atom. The molecule has 11 atom stereocenters. The minimum Gasteiger partial charge on any atom is -0.463 e. The zero-order valence-corrected chi connectivity index (χ0v) is 42.6. The number of piperidine rings is 1. The molecule has 1 amide bonds. The average molecular weight is 924 g/mol. The van der Waals surface area contributed by atoms with Crippen molar-refractivity contribution >= 4 is 29.8 Å². The zero-order valence-electron chi connectivity index (χ0n) is 42.6. The Bertz CT molecular complexity index is 1920. The highest BCUT2D eigenvalue weighted by Crippen LogP contribution is 2.48. The molecule has 0 aromatic heterocycles. The van der Waals surface area contributed by atoms with Crippen LogP contribution in [0.2, 0.25) is 0 Å². The fourth-order valence-electron chi connectivity index (χ4n) is 10.8. The maximum Gasteiger partial charge on any atom is 0.303 e. The van der Waals surface area contributed by atoms with Crippen LogP contribution < -0.4 is 5.32 Å². The van der Waals surface area contributed by atoms with Crippen LogP contribution in [-0.2, 0) is 52.4 Å². The van der Waals surface area contributed by atoms with Crippen LogP contribution in [0.1, 0.15) is 135 Å². The summed E-state index contributed by atoms with van der Waals surface area (Å²) in [5, 5.41) is 3.57. The third kappa shape index (κ3) is 13.0. The van der Waals surface area contributed by atoms with Crippen LogP contribution in [0.4, 0.5) is 0 Å². The maximum absolute atomic E-state index is 13.7. The molecular formula is C52H81N3O11. The lowest BCUT2D eigenvalue weighted by atomic mass is 9.70. The fourth-order valence-corrected chi connectivity index (χ4v) is 10.8. The first-order valence-corrected chi connectivity index (χ1v) is 24.3. The Morgan fingerprint density at radius 1 is 0.909 bits per heavy atom. The number of esters is 4. The van der Waals surface area contributed by atoms with Crippen molar-refractivity contribution in [1.82, 2.24) is 15.1 Å². The number of amides is 1. The molecule has 0 aromatic carbocycles. The van der Waals surface area contributed by atoms with Gasteiger partial charge in [0.05, 0.1) is 11.6 Å². The largest absolute Gasteiger partial charge is 0.463 e. The van der Waals surface area contributed by atoms with E-state index in [2.05, 4.69) is 84.9 Å². The van der Waals surface area contributed by atoms with Gasteiger partial charge in [0.25, 0.3) is 0 Å². The SMILES string of the molecule is CCC(C)C1=C(CC2=C(C)CC(CC(C)C(C)(C)C3OC3NC(C)(C)C(=O)N3CCC(N(C)C)CC3)C=C2)C=C([C@@H]2O[C@H](COC(C)=O)C[C@H](OC(C)=O)[C@H]2OC(C)=O)C(OC(C)=O)C1C. The van der Waals surface area contributed by atoms with Crippen LogP contribution in [-0.4, -0.2) is 128 Å². The number of carbonyl (C=O) groups is 5. The van der Waals surface area contributed by atoms with E-state index in [1.807, 2.05) is 24.8 Å². The molecular weight excluding hydrogens is 843 g/mol. The second kappa shape index (κ2) is 22.1. The summed E-state index contributed by atoms with van der Waals surface area (Å²) in [6.45, 7) is 26.1. The first-order chi connectivity index (χ1) is 30.8. The van der Waals surface area contributed by atoms with Crippen molar-refractivity contribution in [2.45, 2.75) is 189 Å². The molecule has 0 radical (unpaired) electrons. The summed E-state index contributed by atoms with van der Waals surface area (Å²) in [5.41, 5.74) is 4.47. The highest BCUT2D eigenvalue weighted by atomic mass is 16.6. The van der Waals surface area contributed by atoms with Crippen molar-refractivity contribution in [3.8, 4) is 0 Å². The standard InChI is InChI=1S/C52H81N3O11/c1-16-29(2)44-32(5)45(63-35(8)58)42(46-47(64-36(9)59)43(62-34(7)57)27-41(65-46)28-61-33(6)56)26-39(44)25-38-18-17-37(23-30(38)3)24-31(4)51(10,11)48-49(66-48)53-52(12,13)50(60)55-21-19-40(20-22-55)54(14)15/h17-18,26,29,31-32,37,40-41,43,45-49,53H,16,19-25,27-28H2,1-15H3/t29?,31?,32?,37?,41-,43-,45?,46-,47+,48?,49?/m0/s1. The van der Waals surface area contributed by atoms with Gasteiger partial charge in [-0.3, -0.25) is 29.3 Å². The molecule has 3 aliphatic heterocycles. The van der Waals surface area contributed by atoms with Crippen molar-refractivity contribution in [2.75, 3.05) is 33.8 Å². The van der Waals surface area contributed by atoms with Gasteiger partial charge in [-0.1, -0.05) is 70.9 Å². The van der Waals surface area contributed by atoms with Gasteiger partial charge in [-0.15, -0.1) is 0 Å². The number of nitrogens with one attached hydrogen (secondary N) is 1. The summed E-state index contributed by atoms with van der Waals surface area (Å²) in [4.78, 5) is 67.7. The van der Waals surface area contributed by atoms with E-state index in [0.29, 0.717) is 29.9 Å². The molecule has 5 aliphatic rings. The van der Waals surface area contributed by atoms with E-state index < -0.39 is 59.9 Å². The van der Waals surface area contributed by atoms with Gasteiger partial charge < -0.3 is 38.2 Å². The molecule has 1 N–H and O–H groups in total. The molecule has 370 valence electrons. The summed E-state index contributed by atoms with van der Waals surface area (Å²) >= 11 is 0. The molecule has 0 bridgehead atoms. The van der Waals surface area contributed by atoms with Crippen molar-refractivity contribution in [2.24, 2.45) is 29.1 Å². The Labute approximate surface area is 394 Å². The van der Waals surface area contributed by atoms with Gasteiger partial charge in [0.1, 0.15) is 37.3 Å². The summed E-state index contributed by atoms with van der Waals surface area (Å²) in [6.07, 6.45) is 7.49. The molecule has 66 heavy (non-hydrogen) atoms. The van der Waals surface area contributed by atoms with E-state index in [1.165, 1.54) is 44.4 Å². The van der Waals surface area contributed by atoms with E-state index in [4.69, 9.17) is 28.4 Å². The molecule has 7 unspecified atom stereocenters. The summed E-state index contributed by atoms with van der Waals surface area (Å²) in [6, 6.07) is 0.509. The van der Waals surface area contributed by atoms with Crippen LogP contribution in [0.25, 0.3) is 0 Å². The minimum atomic E-state index is -1.05. The number of rotatable bonds is 18. The van der Waals surface area contributed by atoms with Gasteiger partial charge >= 0.3 is 23.9 Å². The number of hydrogen-bond donors (Lipinski definition) is 1.